The largest absolute Gasteiger partial charge is 0.493 e. The molecule has 3 rings (SSSR count). The highest BCUT2D eigenvalue weighted by Crippen LogP contribution is 2.46. The van der Waals surface area contributed by atoms with E-state index < -0.39 is 11.7 Å². The van der Waals surface area contributed by atoms with E-state index in [1.807, 2.05) is 6.92 Å². The second kappa shape index (κ2) is 10.8. The fourth-order valence-corrected chi connectivity index (χ4v) is 3.78. The average molecular weight is 492 g/mol. The minimum Gasteiger partial charge on any atom is -0.493 e. The monoisotopic (exact) mass is 492 g/mol. The molecule has 0 amide bonds. The van der Waals surface area contributed by atoms with Crippen molar-refractivity contribution in [2.45, 2.75) is 38.9 Å². The first kappa shape index (κ1) is 26.0. The fourth-order valence-electron chi connectivity index (χ4n) is 3.78. The summed E-state index contributed by atoms with van der Waals surface area (Å²) in [4.78, 5) is 16.4. The molecule has 2 N–H and O–H groups in total. The molecular weight excluding hydrogens is 465 g/mol. The Morgan fingerprint density at radius 2 is 1.91 bits per heavy atom. The normalized spacial score (nSPS) is 12.3. The van der Waals surface area contributed by atoms with Crippen LogP contribution in [0.1, 0.15) is 30.9 Å². The number of nitrogens with two attached hydrogens (primary N) is 1. The van der Waals surface area contributed by atoms with Crippen LogP contribution >= 0.6 is 0 Å². The van der Waals surface area contributed by atoms with Crippen LogP contribution in [0.5, 0.6) is 23.1 Å². The lowest BCUT2D eigenvalue weighted by Crippen LogP contribution is -2.28. The Morgan fingerprint density at radius 1 is 1.17 bits per heavy atom. The van der Waals surface area contributed by atoms with E-state index >= 15 is 0 Å². The second-order valence-corrected chi connectivity index (χ2v) is 7.97. The van der Waals surface area contributed by atoms with Crippen molar-refractivity contribution in [3.8, 4) is 23.1 Å². The third kappa shape index (κ3) is 5.56. The van der Waals surface area contributed by atoms with Crippen LogP contribution in [0.2, 0.25) is 0 Å². The van der Waals surface area contributed by atoms with Gasteiger partial charge in [-0.2, -0.15) is 13.2 Å². The van der Waals surface area contributed by atoms with Gasteiger partial charge in [-0.05, 0) is 57.0 Å². The molecular formula is C24H27F3N4O4. The van der Waals surface area contributed by atoms with Gasteiger partial charge in [-0.1, -0.05) is 6.07 Å². The van der Waals surface area contributed by atoms with Gasteiger partial charge >= 0.3 is 6.18 Å². The van der Waals surface area contributed by atoms with Gasteiger partial charge in [0, 0.05) is 12.1 Å². The molecule has 0 fully saturated rings. The number of nitrogens with zero attached hydrogens (tertiary/aromatic N) is 3. The Balaban J connectivity index is 2.26. The molecule has 0 saturated heterocycles. The number of fused-ring (bicyclic) bond motifs is 1. The number of ether oxygens (including phenoxy) is 3. The lowest BCUT2D eigenvalue weighted by atomic mass is 10.0. The van der Waals surface area contributed by atoms with Crippen LogP contribution in [0.3, 0.4) is 0 Å². The third-order valence-electron chi connectivity index (χ3n) is 5.54. The van der Waals surface area contributed by atoms with Crippen molar-refractivity contribution in [3.05, 3.63) is 52.4 Å². The van der Waals surface area contributed by atoms with Gasteiger partial charge in [0.1, 0.15) is 11.3 Å². The average Bonchev–Trinajstić information content (AvgIpc) is 2.83. The minimum atomic E-state index is -4.53. The van der Waals surface area contributed by atoms with E-state index in [4.69, 9.17) is 19.9 Å². The number of methoxy groups -OCH3 is 2. The van der Waals surface area contributed by atoms with E-state index in [9.17, 15) is 18.1 Å². The van der Waals surface area contributed by atoms with Crippen LogP contribution < -0.4 is 25.0 Å². The van der Waals surface area contributed by atoms with Crippen molar-refractivity contribution < 1.29 is 27.4 Å². The number of nitroso groups, excluding NO2 is 1. The Labute approximate surface area is 200 Å². The zero-order valence-electron chi connectivity index (χ0n) is 19.8. The maximum absolute atomic E-state index is 13.2. The van der Waals surface area contributed by atoms with Crippen molar-refractivity contribution >= 4 is 16.6 Å². The Morgan fingerprint density at radius 3 is 2.51 bits per heavy atom. The van der Waals surface area contributed by atoms with E-state index in [0.29, 0.717) is 41.5 Å². The summed E-state index contributed by atoms with van der Waals surface area (Å²) < 4.78 is 56.5. The summed E-state index contributed by atoms with van der Waals surface area (Å²) in [6.45, 7) is 4.05. The number of anilines is 1. The number of benzene rings is 2. The van der Waals surface area contributed by atoms with Gasteiger partial charge in [0.25, 0.3) is 0 Å². The van der Waals surface area contributed by atoms with Gasteiger partial charge in [-0.25, -0.2) is 9.99 Å². The van der Waals surface area contributed by atoms with Crippen LogP contribution in [-0.4, -0.2) is 31.8 Å². The quantitative estimate of drug-likeness (QED) is 0.274. The molecule has 0 saturated carbocycles. The van der Waals surface area contributed by atoms with Gasteiger partial charge < -0.3 is 19.9 Å². The number of hydrogen-bond acceptors (Lipinski definition) is 7. The molecule has 1 heterocycles. The van der Waals surface area contributed by atoms with Crippen molar-refractivity contribution in [1.29, 1.82) is 0 Å². The zero-order valence-corrected chi connectivity index (χ0v) is 19.8. The Hall–Kier alpha value is -3.60. The Bertz CT molecular complexity index is 1200. The van der Waals surface area contributed by atoms with Crippen LogP contribution in [-0.2, 0) is 6.18 Å². The van der Waals surface area contributed by atoms with Crippen molar-refractivity contribution in [3.63, 3.8) is 0 Å². The number of rotatable bonds is 10. The molecule has 1 aromatic heterocycles. The molecule has 1 atom stereocenters. The van der Waals surface area contributed by atoms with Crippen LogP contribution in [0.15, 0.2) is 41.7 Å². The molecule has 11 heteroatoms. The molecule has 0 aliphatic carbocycles. The first-order valence-corrected chi connectivity index (χ1v) is 10.9. The lowest BCUT2D eigenvalue weighted by Gasteiger charge is -2.26. The molecule has 1 unspecified atom stereocenters. The van der Waals surface area contributed by atoms with Gasteiger partial charge in [0.05, 0.1) is 42.2 Å². The number of alkyl halides is 3. The van der Waals surface area contributed by atoms with Gasteiger partial charge in [-0.3, -0.25) is 0 Å². The van der Waals surface area contributed by atoms with Crippen molar-refractivity contribution in [2.75, 3.05) is 25.8 Å². The van der Waals surface area contributed by atoms with Crippen molar-refractivity contribution in [1.82, 2.24) is 4.98 Å². The van der Waals surface area contributed by atoms with Crippen LogP contribution in [0.4, 0.5) is 18.9 Å². The maximum Gasteiger partial charge on any atom is 0.416 e. The summed E-state index contributed by atoms with van der Waals surface area (Å²) in [6, 6.07) is 7.39. The highest BCUT2D eigenvalue weighted by molar-refractivity contribution is 6.00. The minimum absolute atomic E-state index is 0.0379. The third-order valence-corrected chi connectivity index (χ3v) is 5.54. The standard InChI is InChI=1S/C24H27F3N4O4/c1-14-11-20(34-4)29-22-18(31(30-32)15(2)7-6-10-28)13-19(33-3)23(21(14)22)35-17-9-5-8-16(12-17)24(25,26)27/h5,8-9,11-13,15H,6-7,10,28H2,1-4H3. The maximum atomic E-state index is 13.2. The van der Waals surface area contributed by atoms with Crippen molar-refractivity contribution in [2.24, 2.45) is 11.0 Å². The van der Waals surface area contributed by atoms with E-state index in [2.05, 4.69) is 10.3 Å². The summed E-state index contributed by atoms with van der Waals surface area (Å²) in [5, 5.41) is 4.93. The molecule has 0 aliphatic heterocycles. The van der Waals surface area contributed by atoms with E-state index in [-0.39, 0.29) is 29.2 Å². The number of aryl methyl sites for hydroxylation is 1. The molecule has 0 aliphatic rings. The van der Waals surface area contributed by atoms with Gasteiger partial charge in [0.2, 0.25) is 5.88 Å². The van der Waals surface area contributed by atoms with Gasteiger partial charge in [-0.15, -0.1) is 4.91 Å². The summed E-state index contributed by atoms with van der Waals surface area (Å²) in [5.41, 5.74) is 6.08. The molecule has 0 radical (unpaired) electrons. The highest BCUT2D eigenvalue weighted by Gasteiger charge is 2.31. The van der Waals surface area contributed by atoms with Crippen LogP contribution in [0.25, 0.3) is 10.9 Å². The molecule has 8 nitrogen and oxygen atoms in total. The molecule has 3 aromatic rings. The molecule has 35 heavy (non-hydrogen) atoms. The molecule has 0 bridgehead atoms. The highest BCUT2D eigenvalue weighted by atomic mass is 19.4. The summed E-state index contributed by atoms with van der Waals surface area (Å²) in [6.07, 6.45) is -3.26. The van der Waals surface area contributed by atoms with Gasteiger partial charge in [0.15, 0.2) is 11.5 Å². The summed E-state index contributed by atoms with van der Waals surface area (Å²) in [5.74, 6) is 0.592. The number of halogens is 3. The number of aromatic nitrogens is 1. The zero-order chi connectivity index (χ0) is 25.8. The lowest BCUT2D eigenvalue weighted by molar-refractivity contribution is -0.137. The van der Waals surface area contributed by atoms with Crippen LogP contribution in [0, 0.1) is 11.8 Å². The Kier molecular flexibility index (Phi) is 8.00. The van der Waals surface area contributed by atoms with E-state index in [0.717, 1.165) is 12.1 Å². The SMILES string of the molecule is COc1cc(C)c2c(Oc3cccc(C(F)(F)F)c3)c(OC)cc(N(N=O)C(C)CCCN)c2n1. The predicted molar refractivity (Wildman–Crippen MR) is 127 cm³/mol. The number of hydrogen-bond donors (Lipinski definition) is 1. The molecule has 2 aromatic carbocycles. The molecule has 188 valence electrons. The second-order valence-electron chi connectivity index (χ2n) is 7.97. The first-order valence-electron chi connectivity index (χ1n) is 10.9. The van der Waals surface area contributed by atoms with E-state index in [1.54, 1.807) is 13.0 Å². The molecule has 0 spiro atoms. The first-order chi connectivity index (χ1) is 16.6. The van der Waals surface area contributed by atoms with E-state index in [1.165, 1.54) is 37.4 Å². The fraction of sp³-hybridized carbons (Fsp3) is 0.375. The predicted octanol–water partition coefficient (Wildman–Crippen LogP) is 5.99. The number of pyridine rings is 1. The smallest absolute Gasteiger partial charge is 0.416 e. The topological polar surface area (TPSA) is 99.3 Å². The summed E-state index contributed by atoms with van der Waals surface area (Å²) in [7, 11) is 2.85. The summed E-state index contributed by atoms with van der Waals surface area (Å²) >= 11 is 0.